The van der Waals surface area contributed by atoms with Crippen molar-refractivity contribution < 1.29 is 10.2 Å². The summed E-state index contributed by atoms with van der Waals surface area (Å²) in [5, 5.41) is 21.2. The van der Waals surface area contributed by atoms with Crippen LogP contribution < -0.4 is 0 Å². The molecule has 1 aliphatic rings. The molecular formula is C18H29ClN2O2. The van der Waals surface area contributed by atoms with E-state index < -0.39 is 6.10 Å². The van der Waals surface area contributed by atoms with Gasteiger partial charge in [-0.1, -0.05) is 50.6 Å². The molecule has 23 heavy (non-hydrogen) atoms. The normalized spacial score (nSPS) is 20.4. The number of piperazine rings is 1. The number of rotatable bonds is 5. The quantitative estimate of drug-likeness (QED) is 0.864. The number of nitrogens with zero attached hydrogens (tertiary/aromatic N) is 2. The molecule has 2 rings (SSSR count). The molecule has 0 amide bonds. The fraction of sp³-hybridized carbons (Fsp3) is 0.667. The van der Waals surface area contributed by atoms with Crippen LogP contribution in [0.2, 0.25) is 5.02 Å². The molecule has 1 fully saturated rings. The molecule has 2 N–H and O–H groups in total. The number of aliphatic hydroxyl groups is 2. The Labute approximate surface area is 144 Å². The van der Waals surface area contributed by atoms with Gasteiger partial charge in [-0.2, -0.15) is 0 Å². The van der Waals surface area contributed by atoms with E-state index in [1.807, 2.05) is 24.3 Å². The van der Waals surface area contributed by atoms with Crippen LogP contribution in [-0.4, -0.2) is 65.4 Å². The maximum absolute atomic E-state index is 10.4. The second kappa shape index (κ2) is 7.95. The Morgan fingerprint density at radius 3 is 2.04 bits per heavy atom. The Kier molecular flexibility index (Phi) is 6.46. The van der Waals surface area contributed by atoms with Crippen LogP contribution >= 0.6 is 11.6 Å². The van der Waals surface area contributed by atoms with E-state index in [2.05, 4.69) is 30.6 Å². The molecule has 1 aromatic rings. The Bertz CT molecular complexity index is 496. The van der Waals surface area contributed by atoms with E-state index in [1.165, 1.54) is 0 Å². The van der Waals surface area contributed by atoms with Crippen LogP contribution in [0.25, 0.3) is 0 Å². The van der Waals surface area contributed by atoms with Gasteiger partial charge >= 0.3 is 0 Å². The van der Waals surface area contributed by atoms with Gasteiger partial charge in [-0.15, -0.1) is 0 Å². The molecule has 130 valence electrons. The Hall–Kier alpha value is -0.650. The molecule has 1 aliphatic heterocycles. The van der Waals surface area contributed by atoms with Crippen molar-refractivity contribution in [2.24, 2.45) is 5.41 Å². The molecule has 2 unspecified atom stereocenters. The number of benzene rings is 1. The van der Waals surface area contributed by atoms with E-state index in [4.69, 9.17) is 11.6 Å². The monoisotopic (exact) mass is 340 g/mol. The van der Waals surface area contributed by atoms with Crippen molar-refractivity contribution in [3.63, 3.8) is 0 Å². The zero-order valence-corrected chi connectivity index (χ0v) is 15.1. The second-order valence-corrected chi connectivity index (χ2v) is 7.93. The van der Waals surface area contributed by atoms with E-state index in [-0.39, 0.29) is 11.5 Å². The van der Waals surface area contributed by atoms with Crippen molar-refractivity contribution in [2.75, 3.05) is 39.3 Å². The summed E-state index contributed by atoms with van der Waals surface area (Å²) in [4.78, 5) is 4.56. The maximum Gasteiger partial charge on any atom is 0.0931 e. The predicted molar refractivity (Wildman–Crippen MR) is 94.8 cm³/mol. The van der Waals surface area contributed by atoms with E-state index in [1.54, 1.807) is 0 Å². The fourth-order valence-electron chi connectivity index (χ4n) is 2.76. The Morgan fingerprint density at radius 2 is 1.52 bits per heavy atom. The van der Waals surface area contributed by atoms with Gasteiger partial charge < -0.3 is 10.2 Å². The first-order valence-corrected chi connectivity index (χ1v) is 8.70. The fourth-order valence-corrected chi connectivity index (χ4v) is 3.02. The summed E-state index contributed by atoms with van der Waals surface area (Å²) in [5.41, 5.74) is 0.706. The zero-order chi connectivity index (χ0) is 17.0. The van der Waals surface area contributed by atoms with Crippen LogP contribution in [0.15, 0.2) is 24.3 Å². The van der Waals surface area contributed by atoms with E-state index in [0.717, 1.165) is 31.7 Å². The van der Waals surface area contributed by atoms with E-state index >= 15 is 0 Å². The minimum Gasteiger partial charge on any atom is -0.391 e. The highest BCUT2D eigenvalue weighted by Crippen LogP contribution is 2.24. The van der Waals surface area contributed by atoms with Gasteiger partial charge in [-0.3, -0.25) is 9.80 Å². The lowest BCUT2D eigenvalue weighted by Crippen LogP contribution is -2.50. The van der Waals surface area contributed by atoms with Gasteiger partial charge in [0.05, 0.1) is 12.2 Å². The van der Waals surface area contributed by atoms with Crippen molar-refractivity contribution >= 4 is 11.6 Å². The molecule has 0 bridgehead atoms. The number of hydrogen-bond acceptors (Lipinski definition) is 4. The minimum atomic E-state index is -0.560. The Balaban J connectivity index is 1.80. The topological polar surface area (TPSA) is 46.9 Å². The molecule has 2 atom stereocenters. The molecule has 0 saturated carbocycles. The van der Waals surface area contributed by atoms with Crippen molar-refractivity contribution in [3.05, 3.63) is 34.9 Å². The van der Waals surface area contributed by atoms with Crippen molar-refractivity contribution in [2.45, 2.75) is 33.0 Å². The summed E-state index contributed by atoms with van der Waals surface area (Å²) in [6.07, 6.45) is -0.877. The van der Waals surface area contributed by atoms with Gasteiger partial charge in [0, 0.05) is 49.9 Å². The van der Waals surface area contributed by atoms with Crippen LogP contribution in [0, 0.1) is 5.41 Å². The van der Waals surface area contributed by atoms with Crippen molar-refractivity contribution in [1.29, 1.82) is 0 Å². The van der Waals surface area contributed by atoms with Crippen LogP contribution in [0.3, 0.4) is 0 Å². The summed E-state index contributed by atoms with van der Waals surface area (Å²) in [5.74, 6) is 0. The number of β-amino-alcohol motifs (C(OH)–C–C–N with tert-alkyl or cyclic N) is 2. The maximum atomic E-state index is 10.4. The smallest absolute Gasteiger partial charge is 0.0931 e. The molecule has 1 saturated heterocycles. The predicted octanol–water partition coefficient (Wildman–Crippen LogP) is 2.40. The third-order valence-corrected chi connectivity index (χ3v) is 4.94. The van der Waals surface area contributed by atoms with E-state index in [0.29, 0.717) is 18.1 Å². The first-order chi connectivity index (χ1) is 10.8. The molecule has 5 heteroatoms. The van der Waals surface area contributed by atoms with Gasteiger partial charge in [-0.25, -0.2) is 0 Å². The molecule has 0 radical (unpaired) electrons. The van der Waals surface area contributed by atoms with Crippen LogP contribution in [0.1, 0.15) is 32.4 Å². The standard InChI is InChI=1S/C18H29ClN2O2/c1-18(2,3)17(23)13-21-10-8-20(9-11-21)12-16(22)14-6-4-5-7-15(14)19/h4-7,16-17,22-23H,8-13H2,1-3H3. The number of aliphatic hydroxyl groups excluding tert-OH is 2. The summed E-state index contributed by atoms with van der Waals surface area (Å²) in [6, 6.07) is 7.46. The zero-order valence-electron chi connectivity index (χ0n) is 14.4. The molecular weight excluding hydrogens is 312 g/mol. The highest BCUT2D eigenvalue weighted by molar-refractivity contribution is 6.31. The van der Waals surface area contributed by atoms with Crippen LogP contribution in [-0.2, 0) is 0 Å². The van der Waals surface area contributed by atoms with Crippen molar-refractivity contribution in [1.82, 2.24) is 9.80 Å². The SMILES string of the molecule is CC(C)(C)C(O)CN1CCN(CC(O)c2ccccc2Cl)CC1. The average molecular weight is 341 g/mol. The molecule has 0 aliphatic carbocycles. The minimum absolute atomic E-state index is 0.0859. The van der Waals surface area contributed by atoms with Gasteiger partial charge in [0.15, 0.2) is 0 Å². The van der Waals surface area contributed by atoms with Crippen LogP contribution in [0.4, 0.5) is 0 Å². The first kappa shape index (κ1) is 18.7. The van der Waals surface area contributed by atoms with Crippen molar-refractivity contribution in [3.8, 4) is 0 Å². The van der Waals surface area contributed by atoms with Gasteiger partial charge in [0.25, 0.3) is 0 Å². The van der Waals surface area contributed by atoms with E-state index in [9.17, 15) is 10.2 Å². The highest BCUT2D eigenvalue weighted by atomic mass is 35.5. The largest absolute Gasteiger partial charge is 0.391 e. The number of halogens is 1. The molecule has 1 aromatic carbocycles. The summed E-state index contributed by atoms with van der Waals surface area (Å²) in [7, 11) is 0. The van der Waals surface area contributed by atoms with Gasteiger partial charge in [0.1, 0.15) is 0 Å². The lowest BCUT2D eigenvalue weighted by Gasteiger charge is -2.38. The molecule has 0 aromatic heterocycles. The molecule has 4 nitrogen and oxygen atoms in total. The van der Waals surface area contributed by atoms with Gasteiger partial charge in [-0.05, 0) is 11.5 Å². The second-order valence-electron chi connectivity index (χ2n) is 7.52. The van der Waals surface area contributed by atoms with Gasteiger partial charge in [0.2, 0.25) is 0 Å². The third kappa shape index (κ3) is 5.44. The molecule has 0 spiro atoms. The highest BCUT2D eigenvalue weighted by Gasteiger charge is 2.27. The summed E-state index contributed by atoms with van der Waals surface area (Å²) >= 11 is 6.15. The Morgan fingerprint density at radius 1 is 1.00 bits per heavy atom. The summed E-state index contributed by atoms with van der Waals surface area (Å²) in [6.45, 7) is 11.1. The third-order valence-electron chi connectivity index (χ3n) is 4.59. The summed E-state index contributed by atoms with van der Waals surface area (Å²) < 4.78 is 0. The first-order valence-electron chi connectivity index (χ1n) is 8.32. The number of hydrogen-bond donors (Lipinski definition) is 2. The van der Waals surface area contributed by atoms with Crippen LogP contribution in [0.5, 0.6) is 0 Å². The lowest BCUT2D eigenvalue weighted by atomic mass is 9.89. The lowest BCUT2D eigenvalue weighted by molar-refractivity contribution is 0.00719. The molecule has 1 heterocycles. The average Bonchev–Trinajstić information content (AvgIpc) is 2.48.